The quantitative estimate of drug-likeness (QED) is 0.192. The topological polar surface area (TPSA) is 113 Å². The van der Waals surface area contributed by atoms with E-state index in [1.807, 2.05) is 84.9 Å². The van der Waals surface area contributed by atoms with Gasteiger partial charge in [-0.05, 0) is 37.1 Å². The van der Waals surface area contributed by atoms with Gasteiger partial charge in [0.1, 0.15) is 0 Å². The number of fused-ring (bicyclic) bond motifs is 4. The molecule has 2 amide bonds. The van der Waals surface area contributed by atoms with Gasteiger partial charge in [-0.15, -0.1) is 0 Å². The van der Waals surface area contributed by atoms with Crippen molar-refractivity contribution in [2.45, 2.75) is 24.0 Å². The van der Waals surface area contributed by atoms with E-state index in [1.165, 1.54) is 0 Å². The molecule has 2 aromatic heterocycles. The Morgan fingerprint density at radius 3 is 1.36 bits per heavy atom. The predicted octanol–water partition coefficient (Wildman–Crippen LogP) is 5.29. The van der Waals surface area contributed by atoms with Gasteiger partial charge >= 0.3 is 0 Å². The van der Waals surface area contributed by atoms with Crippen molar-refractivity contribution in [2.75, 3.05) is 22.9 Å². The average Bonchev–Trinajstić information content (AvgIpc) is 3.79. The summed E-state index contributed by atoms with van der Waals surface area (Å²) in [5, 5.41) is 25.7. The fraction of sp³-hybridized carbons (Fsp3) is 0.167. The molecule has 4 N–H and O–H groups in total. The van der Waals surface area contributed by atoms with Gasteiger partial charge in [0.2, 0.25) is 0 Å². The number of aromatic amines is 2. The van der Waals surface area contributed by atoms with Crippen molar-refractivity contribution < 1.29 is 19.8 Å². The van der Waals surface area contributed by atoms with Crippen molar-refractivity contribution in [2.24, 2.45) is 0 Å². The summed E-state index contributed by atoms with van der Waals surface area (Å²) in [6, 6.07) is 30.0. The maximum absolute atomic E-state index is 14.0. The molecule has 2 atom stereocenters. The third kappa shape index (κ3) is 3.52. The number of para-hydroxylation sites is 4. The molecule has 0 saturated heterocycles. The number of rotatable bonds is 7. The highest BCUT2D eigenvalue weighted by atomic mass is 16.3. The summed E-state index contributed by atoms with van der Waals surface area (Å²) in [5.41, 5.74) is 1.62. The minimum Gasteiger partial charge on any atom is -0.372 e. The summed E-state index contributed by atoms with van der Waals surface area (Å²) >= 11 is 0. The second kappa shape index (κ2) is 9.67. The summed E-state index contributed by atoms with van der Waals surface area (Å²) in [6.07, 6.45) is 4.60. The molecule has 218 valence electrons. The van der Waals surface area contributed by atoms with Crippen LogP contribution in [0.1, 0.15) is 35.1 Å². The van der Waals surface area contributed by atoms with Gasteiger partial charge < -0.3 is 30.0 Å². The molecule has 0 radical (unpaired) electrons. The van der Waals surface area contributed by atoms with Gasteiger partial charge in [-0.25, -0.2) is 0 Å². The Hall–Kier alpha value is -5.18. The van der Waals surface area contributed by atoms with Crippen LogP contribution in [0.2, 0.25) is 0 Å². The Labute approximate surface area is 253 Å². The van der Waals surface area contributed by atoms with Crippen LogP contribution in [0.5, 0.6) is 0 Å². The zero-order chi connectivity index (χ0) is 30.1. The van der Waals surface area contributed by atoms with Crippen molar-refractivity contribution in [3.63, 3.8) is 0 Å². The van der Waals surface area contributed by atoms with Crippen LogP contribution in [0.4, 0.5) is 11.4 Å². The number of benzene rings is 4. The molecule has 0 aliphatic carbocycles. The maximum Gasteiger partial charge on any atom is 0.268 e. The molecule has 44 heavy (non-hydrogen) atoms. The van der Waals surface area contributed by atoms with Crippen LogP contribution in [0.25, 0.3) is 21.8 Å². The number of aromatic nitrogens is 2. The van der Waals surface area contributed by atoms with Crippen LogP contribution < -0.4 is 9.80 Å². The van der Waals surface area contributed by atoms with E-state index >= 15 is 0 Å². The normalized spacial score (nSPS) is 21.0. The molecule has 4 aromatic carbocycles. The first-order valence-electron chi connectivity index (χ1n) is 14.8. The number of hydrogen-bond donors (Lipinski definition) is 4. The monoisotopic (exact) mass is 582 g/mol. The number of unbranched alkanes of at least 4 members (excludes halogenated alkanes) is 1. The van der Waals surface area contributed by atoms with E-state index < -0.39 is 11.2 Å². The molecule has 2 aliphatic rings. The Bertz CT molecular complexity index is 1950. The van der Waals surface area contributed by atoms with E-state index in [4.69, 9.17) is 0 Å². The van der Waals surface area contributed by atoms with Crippen molar-refractivity contribution in [1.82, 2.24) is 9.97 Å². The molecule has 0 saturated carbocycles. The highest BCUT2D eigenvalue weighted by molar-refractivity contribution is 6.12. The Balaban J connectivity index is 1.04. The third-order valence-corrected chi connectivity index (χ3v) is 9.25. The number of aliphatic hydroxyl groups is 2. The van der Waals surface area contributed by atoms with E-state index in [-0.39, 0.29) is 11.8 Å². The zero-order valence-corrected chi connectivity index (χ0v) is 23.8. The number of nitrogens with zero attached hydrogens (tertiary/aromatic N) is 2. The molecule has 0 spiro atoms. The number of nitrogens with one attached hydrogen (secondary N) is 2. The van der Waals surface area contributed by atoms with E-state index in [2.05, 4.69) is 9.97 Å². The molecular weight excluding hydrogens is 552 g/mol. The van der Waals surface area contributed by atoms with Crippen LogP contribution in [0.3, 0.4) is 0 Å². The van der Waals surface area contributed by atoms with Crippen molar-refractivity contribution >= 4 is 45.0 Å². The number of carbonyl (C=O) groups excluding carboxylic acids is 2. The zero-order valence-electron chi connectivity index (χ0n) is 23.8. The molecule has 4 heterocycles. The maximum atomic E-state index is 14.0. The molecule has 0 fully saturated rings. The summed E-state index contributed by atoms with van der Waals surface area (Å²) in [4.78, 5) is 37.6. The second-order valence-corrected chi connectivity index (χ2v) is 11.6. The smallest absolute Gasteiger partial charge is 0.268 e. The highest BCUT2D eigenvalue weighted by Gasteiger charge is 2.53. The molecule has 8 rings (SSSR count). The lowest BCUT2D eigenvalue weighted by Crippen LogP contribution is -2.42. The van der Waals surface area contributed by atoms with Crippen molar-refractivity contribution in [1.29, 1.82) is 0 Å². The van der Waals surface area contributed by atoms with Crippen LogP contribution in [0, 0.1) is 0 Å². The van der Waals surface area contributed by atoms with Crippen LogP contribution >= 0.6 is 0 Å². The number of anilines is 2. The molecule has 8 heteroatoms. The predicted molar refractivity (Wildman–Crippen MR) is 169 cm³/mol. The van der Waals surface area contributed by atoms with E-state index in [1.54, 1.807) is 34.3 Å². The number of carbonyl (C=O) groups is 2. The van der Waals surface area contributed by atoms with E-state index in [0.717, 1.165) is 21.8 Å². The first kappa shape index (κ1) is 26.4. The number of hydrogen-bond acceptors (Lipinski definition) is 4. The number of amides is 2. The van der Waals surface area contributed by atoms with Crippen molar-refractivity contribution in [3.05, 3.63) is 132 Å². The minimum atomic E-state index is -1.81. The van der Waals surface area contributed by atoms with Gasteiger partial charge in [0.05, 0.1) is 11.4 Å². The molecule has 0 bridgehead atoms. The summed E-state index contributed by atoms with van der Waals surface area (Å²) < 4.78 is 0. The van der Waals surface area contributed by atoms with E-state index in [0.29, 0.717) is 59.6 Å². The fourth-order valence-corrected chi connectivity index (χ4v) is 7.12. The molecule has 8 nitrogen and oxygen atoms in total. The van der Waals surface area contributed by atoms with Gasteiger partial charge in [0.25, 0.3) is 11.8 Å². The first-order chi connectivity index (χ1) is 21.4. The van der Waals surface area contributed by atoms with Gasteiger partial charge in [0, 0.05) is 69.5 Å². The van der Waals surface area contributed by atoms with Crippen LogP contribution in [-0.4, -0.2) is 45.1 Å². The fourth-order valence-electron chi connectivity index (χ4n) is 7.12. The molecule has 2 aliphatic heterocycles. The summed E-state index contributed by atoms with van der Waals surface area (Å²) in [6.45, 7) is 0.744. The molecular formula is C36H30N4O4. The third-order valence-electron chi connectivity index (χ3n) is 9.25. The van der Waals surface area contributed by atoms with Crippen molar-refractivity contribution in [3.8, 4) is 0 Å². The minimum absolute atomic E-state index is 0.372. The Morgan fingerprint density at radius 1 is 0.523 bits per heavy atom. The average molecular weight is 583 g/mol. The lowest BCUT2D eigenvalue weighted by molar-refractivity contribution is -0.132. The molecule has 6 aromatic rings. The lowest BCUT2D eigenvalue weighted by Gasteiger charge is -2.24. The standard InChI is InChI=1S/C36H30N4O4/c41-33-35(43,27-21-37-29-15-5-1-11-23(27)29)25-13-3-7-17-31(25)39(33)19-9-10-20-40-32-18-8-4-14-26(32)36(44,34(40)42)28-22-38-30-16-6-2-12-24(28)30/h1-8,11-18,21-22,37-38,43-44H,9-10,19-20H2. The van der Waals surface area contributed by atoms with Gasteiger partial charge in [0.15, 0.2) is 11.2 Å². The van der Waals surface area contributed by atoms with Crippen LogP contribution in [0.15, 0.2) is 109 Å². The van der Waals surface area contributed by atoms with Gasteiger partial charge in [-0.3, -0.25) is 9.59 Å². The largest absolute Gasteiger partial charge is 0.372 e. The van der Waals surface area contributed by atoms with E-state index in [9.17, 15) is 19.8 Å². The lowest BCUT2D eigenvalue weighted by atomic mass is 9.87. The summed E-state index contributed by atoms with van der Waals surface area (Å²) in [7, 11) is 0. The van der Waals surface area contributed by atoms with Gasteiger partial charge in [-0.2, -0.15) is 0 Å². The highest BCUT2D eigenvalue weighted by Crippen LogP contribution is 2.48. The molecule has 2 unspecified atom stereocenters. The first-order valence-corrected chi connectivity index (χ1v) is 14.8. The second-order valence-electron chi connectivity index (χ2n) is 11.6. The summed E-state index contributed by atoms with van der Waals surface area (Å²) in [5.74, 6) is -0.778. The van der Waals surface area contributed by atoms with Crippen LogP contribution in [-0.2, 0) is 20.8 Å². The van der Waals surface area contributed by atoms with Gasteiger partial charge in [-0.1, -0.05) is 72.8 Å². The number of H-pyrrole nitrogens is 2. The SMILES string of the molecule is O=C1N(CCCCN2C(=O)C(O)(c3c[nH]c4ccccc34)c3ccccc32)c2ccccc2C1(O)c1c[nH]c2ccccc12. The Kier molecular flexibility index (Phi) is 5.81. The Morgan fingerprint density at radius 2 is 0.909 bits per heavy atom.